The number of rotatable bonds is 4. The molecule has 0 unspecified atom stereocenters. The molecular formula is C27H33N5O. The second-order valence-corrected chi connectivity index (χ2v) is 9.48. The van der Waals surface area contributed by atoms with Gasteiger partial charge in [-0.25, -0.2) is 4.98 Å². The molecule has 172 valence electrons. The minimum Gasteiger partial charge on any atom is -0.354 e. The Balaban J connectivity index is 1.24. The molecule has 2 fully saturated rings. The number of aromatic nitrogens is 2. The van der Waals surface area contributed by atoms with E-state index in [4.69, 9.17) is 0 Å². The molecule has 2 aromatic heterocycles. The van der Waals surface area contributed by atoms with Gasteiger partial charge in [0.05, 0.1) is 5.52 Å². The number of nitrogens with zero attached hydrogens (tertiary/aromatic N) is 5. The van der Waals surface area contributed by atoms with Crippen molar-refractivity contribution in [3.05, 3.63) is 66.0 Å². The van der Waals surface area contributed by atoms with Crippen LogP contribution in [0, 0.1) is 5.92 Å². The lowest BCUT2D eigenvalue weighted by Gasteiger charge is -2.33. The number of hydrogen-bond donors (Lipinski definition) is 0. The summed E-state index contributed by atoms with van der Waals surface area (Å²) < 4.78 is 0. The van der Waals surface area contributed by atoms with Crippen molar-refractivity contribution >= 4 is 22.6 Å². The number of carbonyl (C=O) groups is 1. The average molecular weight is 444 g/mol. The second-order valence-electron chi connectivity index (χ2n) is 9.48. The normalized spacial score (nSPS) is 20.1. The van der Waals surface area contributed by atoms with Gasteiger partial charge in [-0.3, -0.25) is 9.78 Å². The number of pyridine rings is 2. The van der Waals surface area contributed by atoms with Crippen molar-refractivity contribution in [1.29, 1.82) is 0 Å². The van der Waals surface area contributed by atoms with Gasteiger partial charge in [0.2, 0.25) is 0 Å². The topological polar surface area (TPSA) is 52.6 Å². The number of amides is 1. The van der Waals surface area contributed by atoms with Gasteiger partial charge in [0.25, 0.3) is 5.91 Å². The predicted molar refractivity (Wildman–Crippen MR) is 133 cm³/mol. The SMILES string of the molecule is CN1CCN(c2cc(C(=O)N3CCC[C@@H](Cc4cccc5cccnc45)CC3)ccn2)CC1. The maximum absolute atomic E-state index is 13.3. The van der Waals surface area contributed by atoms with Crippen LogP contribution in [-0.2, 0) is 6.42 Å². The first-order chi connectivity index (χ1) is 16.2. The van der Waals surface area contributed by atoms with Crippen molar-refractivity contribution in [1.82, 2.24) is 19.8 Å². The standard InChI is InChI=1S/C27H33N5O/c1-30-15-17-31(18-16-30)25-20-24(9-12-28-25)27(33)32-13-4-5-21(10-14-32)19-23-7-2-6-22-8-3-11-29-26(22)23/h2-3,6-9,11-12,20-21H,4-5,10,13-19H2,1H3/t21-/m1/s1. The molecule has 2 aliphatic heterocycles. The van der Waals surface area contributed by atoms with Crippen LogP contribution in [-0.4, -0.2) is 72.0 Å². The van der Waals surface area contributed by atoms with Crippen LogP contribution in [0.5, 0.6) is 0 Å². The number of fused-ring (bicyclic) bond motifs is 1. The molecule has 1 amide bonds. The molecule has 6 heteroatoms. The zero-order valence-corrected chi connectivity index (χ0v) is 19.5. The zero-order valence-electron chi connectivity index (χ0n) is 19.5. The van der Waals surface area contributed by atoms with E-state index in [1.807, 2.05) is 29.3 Å². The Kier molecular flexibility index (Phi) is 6.53. The molecule has 1 aromatic carbocycles. The van der Waals surface area contributed by atoms with E-state index in [0.717, 1.165) is 81.8 Å². The van der Waals surface area contributed by atoms with Crippen LogP contribution in [0.25, 0.3) is 10.9 Å². The summed E-state index contributed by atoms with van der Waals surface area (Å²) in [4.78, 5) is 29.2. The largest absolute Gasteiger partial charge is 0.354 e. The summed E-state index contributed by atoms with van der Waals surface area (Å²) in [6.45, 7) is 5.60. The van der Waals surface area contributed by atoms with E-state index in [1.165, 1.54) is 10.9 Å². The average Bonchev–Trinajstić information content (AvgIpc) is 3.10. The number of hydrogen-bond acceptors (Lipinski definition) is 5. The Morgan fingerprint density at radius 1 is 0.939 bits per heavy atom. The molecule has 0 bridgehead atoms. The van der Waals surface area contributed by atoms with Gasteiger partial charge in [0, 0.05) is 62.6 Å². The molecule has 0 radical (unpaired) electrons. The summed E-state index contributed by atoms with van der Waals surface area (Å²) in [5.41, 5.74) is 3.20. The van der Waals surface area contributed by atoms with Gasteiger partial charge < -0.3 is 14.7 Å². The number of carbonyl (C=O) groups excluding carboxylic acids is 1. The third-order valence-corrected chi connectivity index (χ3v) is 7.18. The highest BCUT2D eigenvalue weighted by atomic mass is 16.2. The fraction of sp³-hybridized carbons (Fsp3) is 0.444. The van der Waals surface area contributed by atoms with Crippen LogP contribution in [0.4, 0.5) is 5.82 Å². The third-order valence-electron chi connectivity index (χ3n) is 7.18. The Morgan fingerprint density at radius 3 is 2.67 bits per heavy atom. The van der Waals surface area contributed by atoms with E-state index in [1.54, 1.807) is 6.20 Å². The van der Waals surface area contributed by atoms with Crippen LogP contribution >= 0.6 is 0 Å². The van der Waals surface area contributed by atoms with Crippen molar-refractivity contribution in [3.8, 4) is 0 Å². The molecule has 0 saturated carbocycles. The van der Waals surface area contributed by atoms with Crippen molar-refractivity contribution < 1.29 is 4.79 Å². The van der Waals surface area contributed by atoms with E-state index >= 15 is 0 Å². The van der Waals surface area contributed by atoms with Gasteiger partial charge in [0.1, 0.15) is 5.82 Å². The molecule has 0 aliphatic carbocycles. The minimum absolute atomic E-state index is 0.139. The van der Waals surface area contributed by atoms with E-state index in [9.17, 15) is 4.79 Å². The maximum atomic E-state index is 13.3. The van der Waals surface area contributed by atoms with Crippen molar-refractivity contribution in [2.24, 2.45) is 5.92 Å². The lowest BCUT2D eigenvalue weighted by molar-refractivity contribution is 0.0760. The summed E-state index contributed by atoms with van der Waals surface area (Å²) in [5.74, 6) is 1.64. The summed E-state index contributed by atoms with van der Waals surface area (Å²) in [6, 6.07) is 14.4. The molecule has 0 N–H and O–H groups in total. The van der Waals surface area contributed by atoms with Crippen molar-refractivity contribution in [2.75, 3.05) is 51.2 Å². The molecule has 3 aromatic rings. The highest BCUT2D eigenvalue weighted by Gasteiger charge is 2.23. The Labute approximate surface area is 196 Å². The summed E-state index contributed by atoms with van der Waals surface area (Å²) >= 11 is 0. The molecule has 6 nitrogen and oxygen atoms in total. The Bertz CT molecular complexity index is 1100. The summed E-state index contributed by atoms with van der Waals surface area (Å²) in [5, 5.41) is 1.20. The Hall–Kier alpha value is -2.99. The molecule has 33 heavy (non-hydrogen) atoms. The molecule has 5 rings (SSSR count). The summed E-state index contributed by atoms with van der Waals surface area (Å²) in [7, 11) is 2.15. The number of anilines is 1. The van der Waals surface area contributed by atoms with Gasteiger partial charge in [-0.05, 0) is 62.4 Å². The highest BCUT2D eigenvalue weighted by Crippen LogP contribution is 2.26. The maximum Gasteiger partial charge on any atom is 0.254 e. The molecular weight excluding hydrogens is 410 g/mol. The number of likely N-dealkylation sites (N-methyl/N-ethyl adjacent to an activating group) is 1. The number of likely N-dealkylation sites (tertiary alicyclic amines) is 1. The van der Waals surface area contributed by atoms with Gasteiger partial charge in [-0.1, -0.05) is 24.3 Å². The second kappa shape index (κ2) is 9.87. The fourth-order valence-electron chi connectivity index (χ4n) is 5.16. The van der Waals surface area contributed by atoms with E-state index in [-0.39, 0.29) is 5.91 Å². The Morgan fingerprint density at radius 2 is 1.79 bits per heavy atom. The smallest absolute Gasteiger partial charge is 0.254 e. The van der Waals surface area contributed by atoms with Crippen molar-refractivity contribution in [3.63, 3.8) is 0 Å². The first-order valence-electron chi connectivity index (χ1n) is 12.2. The molecule has 0 spiro atoms. The van der Waals surface area contributed by atoms with E-state index in [2.05, 4.69) is 51.1 Å². The van der Waals surface area contributed by atoms with Gasteiger partial charge in [-0.2, -0.15) is 0 Å². The first kappa shape index (κ1) is 21.8. The number of piperazine rings is 1. The van der Waals surface area contributed by atoms with Crippen LogP contribution in [0.1, 0.15) is 35.2 Å². The molecule has 2 aliphatic rings. The number of para-hydroxylation sites is 1. The van der Waals surface area contributed by atoms with Gasteiger partial charge in [0.15, 0.2) is 0 Å². The lowest BCUT2D eigenvalue weighted by atomic mass is 9.91. The van der Waals surface area contributed by atoms with E-state index in [0.29, 0.717) is 5.92 Å². The van der Waals surface area contributed by atoms with Gasteiger partial charge in [-0.15, -0.1) is 0 Å². The zero-order chi connectivity index (χ0) is 22.6. The van der Waals surface area contributed by atoms with Crippen LogP contribution in [0.15, 0.2) is 54.9 Å². The minimum atomic E-state index is 0.139. The number of benzene rings is 1. The monoisotopic (exact) mass is 443 g/mol. The molecule has 2 saturated heterocycles. The van der Waals surface area contributed by atoms with Crippen molar-refractivity contribution in [2.45, 2.75) is 25.7 Å². The summed E-state index contributed by atoms with van der Waals surface area (Å²) in [6.07, 6.45) is 7.92. The third kappa shape index (κ3) is 5.01. The predicted octanol–water partition coefficient (Wildman–Crippen LogP) is 3.87. The lowest BCUT2D eigenvalue weighted by Crippen LogP contribution is -2.44. The van der Waals surface area contributed by atoms with Crippen LogP contribution in [0.3, 0.4) is 0 Å². The van der Waals surface area contributed by atoms with Crippen LogP contribution in [0.2, 0.25) is 0 Å². The molecule has 1 atom stereocenters. The van der Waals surface area contributed by atoms with Gasteiger partial charge >= 0.3 is 0 Å². The quantitative estimate of drug-likeness (QED) is 0.613. The van der Waals surface area contributed by atoms with E-state index < -0.39 is 0 Å². The molecule has 4 heterocycles. The first-order valence-corrected chi connectivity index (χ1v) is 12.2. The van der Waals surface area contributed by atoms with Crippen LogP contribution < -0.4 is 4.90 Å². The fourth-order valence-corrected chi connectivity index (χ4v) is 5.16. The highest BCUT2D eigenvalue weighted by molar-refractivity contribution is 5.95.